The molecule has 1 aromatic carbocycles. The Hall–Kier alpha value is -3.18. The number of nitrogens with two attached hydrogens (primary N) is 1. The second-order valence-electron chi connectivity index (χ2n) is 5.63. The molecule has 0 radical (unpaired) electrons. The van der Waals surface area contributed by atoms with Gasteiger partial charge in [-0.25, -0.2) is 4.79 Å². The van der Waals surface area contributed by atoms with Crippen LogP contribution < -0.4 is 11.1 Å². The molecule has 0 unspecified atom stereocenters. The van der Waals surface area contributed by atoms with Gasteiger partial charge in [-0.15, -0.1) is 0 Å². The van der Waals surface area contributed by atoms with Crippen LogP contribution in [0, 0.1) is 11.3 Å². The normalized spacial score (nSPS) is 10.6. The van der Waals surface area contributed by atoms with E-state index in [2.05, 4.69) is 5.32 Å². The summed E-state index contributed by atoms with van der Waals surface area (Å²) in [6.45, 7) is 2.93. The molecule has 0 heterocycles. The molecule has 0 aliphatic rings. The number of nitrogens with one attached hydrogen (secondary N) is 1. The number of nitriles is 1. The van der Waals surface area contributed by atoms with Gasteiger partial charge in [-0.1, -0.05) is 25.5 Å². The Labute approximate surface area is 158 Å². The molecule has 8 heteroatoms. The molecular formula is C19H24N4O4. The number of ether oxygens (including phenoxy) is 1. The van der Waals surface area contributed by atoms with Crippen LogP contribution in [0.1, 0.15) is 36.5 Å². The summed E-state index contributed by atoms with van der Waals surface area (Å²) >= 11 is 0. The summed E-state index contributed by atoms with van der Waals surface area (Å²) in [7, 11) is 0. The van der Waals surface area contributed by atoms with E-state index in [0.29, 0.717) is 25.9 Å². The van der Waals surface area contributed by atoms with Gasteiger partial charge in [0.25, 0.3) is 5.91 Å². The lowest BCUT2D eigenvalue weighted by molar-refractivity contribution is -0.116. The predicted molar refractivity (Wildman–Crippen MR) is 100 cm³/mol. The third-order valence-electron chi connectivity index (χ3n) is 3.54. The monoisotopic (exact) mass is 372 g/mol. The maximum atomic E-state index is 12.4. The van der Waals surface area contributed by atoms with Crippen molar-refractivity contribution in [2.45, 2.75) is 26.2 Å². The number of hydrogen-bond donors (Lipinski definition) is 2. The number of benzene rings is 1. The van der Waals surface area contributed by atoms with Crippen molar-refractivity contribution in [3.63, 3.8) is 0 Å². The van der Waals surface area contributed by atoms with E-state index in [9.17, 15) is 19.6 Å². The first-order valence-corrected chi connectivity index (χ1v) is 8.67. The molecule has 0 aliphatic heterocycles. The van der Waals surface area contributed by atoms with E-state index in [1.807, 2.05) is 6.92 Å². The third kappa shape index (κ3) is 7.30. The van der Waals surface area contributed by atoms with Crippen LogP contribution in [0.15, 0.2) is 36.0 Å². The van der Waals surface area contributed by atoms with Crippen molar-refractivity contribution < 1.29 is 19.1 Å². The standard InChI is InChI=1S/C19H24N4O4/c1-2-3-11-27-19(26)16-7-4-5-8-17(16)22-18(25)15(12-21)13-23(14-24)10-6-9-20/h4-5,7-8,13-14H,2-3,6,9-11,20H2,1H3,(H,22,25)/b15-13-. The second-order valence-corrected chi connectivity index (χ2v) is 5.63. The van der Waals surface area contributed by atoms with Crippen LogP contribution in [-0.4, -0.2) is 42.9 Å². The highest BCUT2D eigenvalue weighted by Gasteiger charge is 2.17. The van der Waals surface area contributed by atoms with Crippen LogP contribution in [0.3, 0.4) is 0 Å². The van der Waals surface area contributed by atoms with Crippen molar-refractivity contribution in [1.29, 1.82) is 5.26 Å². The van der Waals surface area contributed by atoms with E-state index < -0.39 is 11.9 Å². The minimum Gasteiger partial charge on any atom is -0.462 e. The maximum absolute atomic E-state index is 12.4. The van der Waals surface area contributed by atoms with Gasteiger partial charge in [0.05, 0.1) is 17.9 Å². The Morgan fingerprint density at radius 1 is 1.33 bits per heavy atom. The molecule has 144 valence electrons. The number of esters is 1. The number of carbonyl (C=O) groups is 3. The quantitative estimate of drug-likeness (QED) is 0.201. The van der Waals surface area contributed by atoms with E-state index in [0.717, 1.165) is 19.0 Å². The van der Waals surface area contributed by atoms with Gasteiger partial charge >= 0.3 is 5.97 Å². The van der Waals surface area contributed by atoms with Crippen LogP contribution in [-0.2, 0) is 14.3 Å². The molecule has 0 spiro atoms. The fraction of sp³-hybridized carbons (Fsp3) is 0.368. The zero-order valence-corrected chi connectivity index (χ0v) is 15.3. The molecule has 8 nitrogen and oxygen atoms in total. The van der Waals surface area contributed by atoms with E-state index in [1.54, 1.807) is 18.2 Å². The van der Waals surface area contributed by atoms with Crippen LogP contribution in [0.2, 0.25) is 0 Å². The summed E-state index contributed by atoms with van der Waals surface area (Å²) < 4.78 is 5.17. The van der Waals surface area contributed by atoms with E-state index in [4.69, 9.17) is 10.5 Å². The van der Waals surface area contributed by atoms with Gasteiger partial charge < -0.3 is 20.7 Å². The molecule has 1 rings (SSSR count). The highest BCUT2D eigenvalue weighted by atomic mass is 16.5. The molecule has 0 bridgehead atoms. The average molecular weight is 372 g/mol. The highest BCUT2D eigenvalue weighted by molar-refractivity contribution is 6.09. The average Bonchev–Trinajstić information content (AvgIpc) is 2.68. The fourth-order valence-corrected chi connectivity index (χ4v) is 2.07. The number of carbonyl (C=O) groups excluding carboxylic acids is 3. The zero-order chi connectivity index (χ0) is 20.1. The van der Waals surface area contributed by atoms with E-state index in [-0.39, 0.29) is 23.4 Å². The Kier molecular flexibility index (Phi) is 9.89. The Morgan fingerprint density at radius 2 is 2.07 bits per heavy atom. The Balaban J connectivity index is 2.93. The molecule has 0 aliphatic carbocycles. The van der Waals surface area contributed by atoms with Crippen molar-refractivity contribution >= 4 is 24.0 Å². The molecule has 27 heavy (non-hydrogen) atoms. The van der Waals surface area contributed by atoms with Gasteiger partial charge in [-0.3, -0.25) is 9.59 Å². The van der Waals surface area contributed by atoms with Crippen LogP contribution in [0.5, 0.6) is 0 Å². The maximum Gasteiger partial charge on any atom is 0.340 e. The summed E-state index contributed by atoms with van der Waals surface area (Å²) in [6, 6.07) is 8.11. The molecule has 0 saturated heterocycles. The summed E-state index contributed by atoms with van der Waals surface area (Å²) in [5.74, 6) is -1.29. The molecule has 0 fully saturated rings. The van der Waals surface area contributed by atoms with Gasteiger partial charge in [0.2, 0.25) is 6.41 Å². The van der Waals surface area contributed by atoms with Gasteiger partial charge in [-0.2, -0.15) is 5.26 Å². The largest absolute Gasteiger partial charge is 0.462 e. The van der Waals surface area contributed by atoms with E-state index in [1.165, 1.54) is 17.0 Å². The van der Waals surface area contributed by atoms with Gasteiger partial charge in [0.15, 0.2) is 0 Å². The highest BCUT2D eigenvalue weighted by Crippen LogP contribution is 2.17. The molecule has 0 saturated carbocycles. The molecule has 0 aromatic heterocycles. The van der Waals surface area contributed by atoms with Crippen LogP contribution >= 0.6 is 0 Å². The second kappa shape index (κ2) is 12.2. The smallest absolute Gasteiger partial charge is 0.340 e. The fourth-order valence-electron chi connectivity index (χ4n) is 2.07. The van der Waals surface area contributed by atoms with Crippen molar-refractivity contribution in [3.05, 3.63) is 41.6 Å². The van der Waals surface area contributed by atoms with Gasteiger partial charge in [-0.05, 0) is 31.5 Å². The number of anilines is 1. The Morgan fingerprint density at radius 3 is 2.70 bits per heavy atom. The summed E-state index contributed by atoms with van der Waals surface area (Å²) in [4.78, 5) is 36.8. The topological polar surface area (TPSA) is 126 Å². The number of nitrogens with zero attached hydrogens (tertiary/aromatic N) is 2. The summed E-state index contributed by atoms with van der Waals surface area (Å²) in [5.41, 5.74) is 5.54. The Bertz CT molecular complexity index is 725. The third-order valence-corrected chi connectivity index (χ3v) is 3.54. The molecule has 0 atom stereocenters. The predicted octanol–water partition coefficient (Wildman–Crippen LogP) is 1.80. The lowest BCUT2D eigenvalue weighted by Gasteiger charge is -2.13. The van der Waals surface area contributed by atoms with Crippen molar-refractivity contribution in [2.75, 3.05) is 25.0 Å². The van der Waals surface area contributed by atoms with Crippen molar-refractivity contribution in [1.82, 2.24) is 4.90 Å². The zero-order valence-electron chi connectivity index (χ0n) is 15.3. The summed E-state index contributed by atoms with van der Waals surface area (Å²) in [6.07, 6.45) is 3.83. The minimum absolute atomic E-state index is 0.189. The van der Waals surface area contributed by atoms with E-state index >= 15 is 0 Å². The molecule has 2 amide bonds. The van der Waals surface area contributed by atoms with Gasteiger partial charge in [0, 0.05) is 12.7 Å². The van der Waals surface area contributed by atoms with Crippen molar-refractivity contribution in [3.8, 4) is 6.07 Å². The number of hydrogen-bond acceptors (Lipinski definition) is 6. The van der Waals surface area contributed by atoms with Gasteiger partial charge in [0.1, 0.15) is 11.6 Å². The first-order chi connectivity index (χ1) is 13.1. The first-order valence-electron chi connectivity index (χ1n) is 8.67. The van der Waals surface area contributed by atoms with Crippen LogP contribution in [0.25, 0.3) is 0 Å². The summed E-state index contributed by atoms with van der Waals surface area (Å²) in [5, 5.41) is 11.7. The molecular weight excluding hydrogens is 348 g/mol. The first kappa shape index (κ1) is 21.9. The van der Waals surface area contributed by atoms with Crippen LogP contribution in [0.4, 0.5) is 5.69 Å². The lowest BCUT2D eigenvalue weighted by Crippen LogP contribution is -2.23. The van der Waals surface area contributed by atoms with Crippen molar-refractivity contribution in [2.24, 2.45) is 5.73 Å². The lowest BCUT2D eigenvalue weighted by atomic mass is 10.1. The number of para-hydroxylation sites is 1. The SMILES string of the molecule is CCCCOC(=O)c1ccccc1NC(=O)/C(C#N)=C\N(C=O)CCCN. The number of unbranched alkanes of at least 4 members (excludes halogenated alkanes) is 1. The number of rotatable bonds is 11. The molecule has 3 N–H and O–H groups in total. The minimum atomic E-state index is -0.731. The number of amides is 2. The molecule has 1 aromatic rings.